The van der Waals surface area contributed by atoms with Gasteiger partial charge in [0.15, 0.2) is 0 Å². The largest absolute Gasteiger partial charge is 0.269 e. The predicted molar refractivity (Wildman–Crippen MR) is 72.4 cm³/mol. The van der Waals surface area contributed by atoms with Gasteiger partial charge in [-0.3, -0.25) is 4.79 Å². The molecule has 19 heavy (non-hydrogen) atoms. The van der Waals surface area contributed by atoms with Gasteiger partial charge < -0.3 is 0 Å². The highest BCUT2D eigenvalue weighted by atomic mass is 32.2. The van der Waals surface area contributed by atoms with Gasteiger partial charge in [-0.2, -0.15) is 5.26 Å². The first-order valence-electron chi connectivity index (χ1n) is 5.69. The SMILES string of the molecule is CCCS(=O)(=O)NC(=O)/C=C/c1cccc(C#N)c1. The molecule has 0 fully saturated rings. The lowest BCUT2D eigenvalue weighted by molar-refractivity contribution is -0.114. The summed E-state index contributed by atoms with van der Waals surface area (Å²) in [7, 11) is -3.55. The number of hydrogen-bond acceptors (Lipinski definition) is 4. The Hall–Kier alpha value is -2.13. The van der Waals surface area contributed by atoms with E-state index in [4.69, 9.17) is 5.26 Å². The van der Waals surface area contributed by atoms with Gasteiger partial charge in [-0.05, 0) is 30.2 Å². The second kappa shape index (κ2) is 6.71. The summed E-state index contributed by atoms with van der Waals surface area (Å²) in [5, 5.41) is 8.72. The van der Waals surface area contributed by atoms with E-state index in [1.54, 1.807) is 31.2 Å². The zero-order valence-electron chi connectivity index (χ0n) is 10.5. The van der Waals surface area contributed by atoms with Gasteiger partial charge in [0, 0.05) is 6.08 Å². The standard InChI is InChI=1S/C13H14N2O3S/c1-2-8-19(17,18)15-13(16)7-6-11-4-3-5-12(9-11)10-14/h3-7,9H,2,8H2,1H3,(H,15,16)/b7-6+. The maximum Gasteiger partial charge on any atom is 0.257 e. The fourth-order valence-electron chi connectivity index (χ4n) is 1.39. The maximum absolute atomic E-state index is 11.4. The molecule has 0 saturated heterocycles. The lowest BCUT2D eigenvalue weighted by Crippen LogP contribution is -2.30. The van der Waals surface area contributed by atoms with Crippen molar-refractivity contribution in [3.63, 3.8) is 0 Å². The van der Waals surface area contributed by atoms with E-state index in [1.807, 2.05) is 10.8 Å². The highest BCUT2D eigenvalue weighted by molar-refractivity contribution is 7.90. The topological polar surface area (TPSA) is 87.0 Å². The molecule has 0 heterocycles. The minimum Gasteiger partial charge on any atom is -0.269 e. The number of amides is 1. The quantitative estimate of drug-likeness (QED) is 0.825. The molecule has 0 atom stereocenters. The van der Waals surface area contributed by atoms with Gasteiger partial charge in [-0.15, -0.1) is 0 Å². The van der Waals surface area contributed by atoms with Gasteiger partial charge in [0.25, 0.3) is 5.91 Å². The fourth-order valence-corrected chi connectivity index (χ4v) is 2.40. The Kier molecular flexibility index (Phi) is 5.27. The third kappa shape index (κ3) is 5.36. The van der Waals surface area contributed by atoms with Crippen LogP contribution in [0.15, 0.2) is 30.3 Å². The number of benzene rings is 1. The summed E-state index contributed by atoms with van der Waals surface area (Å²) in [5.41, 5.74) is 1.13. The van der Waals surface area contributed by atoms with Crippen molar-refractivity contribution in [3.8, 4) is 6.07 Å². The molecular weight excluding hydrogens is 264 g/mol. The molecule has 0 unspecified atom stereocenters. The summed E-state index contributed by atoms with van der Waals surface area (Å²) < 4.78 is 24.6. The molecule has 0 bridgehead atoms. The average Bonchev–Trinajstić information content (AvgIpc) is 2.36. The number of rotatable bonds is 5. The summed E-state index contributed by atoms with van der Waals surface area (Å²) >= 11 is 0. The molecule has 0 aromatic heterocycles. The van der Waals surface area contributed by atoms with E-state index in [-0.39, 0.29) is 5.75 Å². The maximum atomic E-state index is 11.4. The van der Waals surface area contributed by atoms with Crippen LogP contribution in [0.25, 0.3) is 6.08 Å². The van der Waals surface area contributed by atoms with Crippen LogP contribution in [0.3, 0.4) is 0 Å². The van der Waals surface area contributed by atoms with Crippen molar-refractivity contribution in [2.45, 2.75) is 13.3 Å². The van der Waals surface area contributed by atoms with Gasteiger partial charge in [0.05, 0.1) is 17.4 Å². The molecule has 1 N–H and O–H groups in total. The van der Waals surface area contributed by atoms with Crippen LogP contribution in [0.1, 0.15) is 24.5 Å². The van der Waals surface area contributed by atoms with Crippen molar-refractivity contribution < 1.29 is 13.2 Å². The first-order valence-corrected chi connectivity index (χ1v) is 7.35. The van der Waals surface area contributed by atoms with Gasteiger partial charge in [0.1, 0.15) is 0 Å². The van der Waals surface area contributed by atoms with Crippen LogP contribution in [0.5, 0.6) is 0 Å². The summed E-state index contributed by atoms with van der Waals surface area (Å²) in [6, 6.07) is 8.62. The Labute approximate surface area is 112 Å². The molecule has 0 spiro atoms. The van der Waals surface area contributed by atoms with Gasteiger partial charge in [-0.1, -0.05) is 19.1 Å². The molecule has 0 aliphatic rings. The average molecular weight is 278 g/mol. The third-order valence-corrected chi connectivity index (χ3v) is 3.63. The van der Waals surface area contributed by atoms with Crippen molar-refractivity contribution in [1.82, 2.24) is 4.72 Å². The van der Waals surface area contributed by atoms with E-state index in [9.17, 15) is 13.2 Å². The number of nitriles is 1. The molecule has 1 rings (SSSR count). The number of carbonyl (C=O) groups excluding carboxylic acids is 1. The number of nitrogens with one attached hydrogen (secondary N) is 1. The first-order chi connectivity index (χ1) is 8.96. The molecule has 5 nitrogen and oxygen atoms in total. The van der Waals surface area contributed by atoms with E-state index in [2.05, 4.69) is 0 Å². The van der Waals surface area contributed by atoms with Crippen molar-refractivity contribution in [1.29, 1.82) is 5.26 Å². The van der Waals surface area contributed by atoms with Crippen molar-refractivity contribution in [2.24, 2.45) is 0 Å². The lowest BCUT2D eigenvalue weighted by Gasteiger charge is -2.02. The first kappa shape index (κ1) is 14.9. The summed E-state index contributed by atoms with van der Waals surface area (Å²) in [6.07, 6.45) is 3.03. The molecule has 6 heteroatoms. The summed E-state index contributed by atoms with van der Waals surface area (Å²) in [5.74, 6) is -0.785. The van der Waals surface area contributed by atoms with Gasteiger partial charge >= 0.3 is 0 Å². The smallest absolute Gasteiger partial charge is 0.257 e. The third-order valence-electron chi connectivity index (χ3n) is 2.17. The van der Waals surface area contributed by atoms with Crippen LogP contribution in [-0.4, -0.2) is 20.1 Å². The number of hydrogen-bond donors (Lipinski definition) is 1. The molecular formula is C13H14N2O3S. The minimum atomic E-state index is -3.55. The van der Waals surface area contributed by atoms with Crippen molar-refractivity contribution in [3.05, 3.63) is 41.5 Å². The Morgan fingerprint density at radius 3 is 2.84 bits per heavy atom. The number of carbonyl (C=O) groups is 1. The van der Waals surface area contributed by atoms with Crippen LogP contribution in [-0.2, 0) is 14.8 Å². The summed E-state index contributed by atoms with van der Waals surface area (Å²) in [6.45, 7) is 1.72. The highest BCUT2D eigenvalue weighted by Crippen LogP contribution is 2.05. The van der Waals surface area contributed by atoms with Crippen LogP contribution >= 0.6 is 0 Å². The molecule has 1 aromatic rings. The second-order valence-corrected chi connectivity index (χ2v) is 5.70. The monoisotopic (exact) mass is 278 g/mol. The van der Waals surface area contributed by atoms with Crippen molar-refractivity contribution in [2.75, 3.05) is 5.75 Å². The molecule has 0 aliphatic heterocycles. The van der Waals surface area contributed by atoms with E-state index in [0.717, 1.165) is 6.08 Å². The van der Waals surface area contributed by atoms with Crippen LogP contribution in [0.4, 0.5) is 0 Å². The molecule has 1 aromatic carbocycles. The second-order valence-electron chi connectivity index (χ2n) is 3.86. The summed E-state index contributed by atoms with van der Waals surface area (Å²) in [4.78, 5) is 11.4. The molecule has 100 valence electrons. The van der Waals surface area contributed by atoms with E-state index < -0.39 is 15.9 Å². The van der Waals surface area contributed by atoms with Crippen LogP contribution in [0.2, 0.25) is 0 Å². The van der Waals surface area contributed by atoms with E-state index in [1.165, 1.54) is 6.08 Å². The minimum absolute atomic E-state index is 0.0868. The van der Waals surface area contributed by atoms with Crippen LogP contribution < -0.4 is 4.72 Å². The normalized spacial score (nSPS) is 11.2. The zero-order chi connectivity index (χ0) is 14.3. The van der Waals surface area contributed by atoms with Crippen LogP contribution in [0, 0.1) is 11.3 Å². The van der Waals surface area contributed by atoms with Gasteiger partial charge in [0.2, 0.25) is 10.0 Å². The van der Waals surface area contributed by atoms with Crippen molar-refractivity contribution >= 4 is 22.0 Å². The molecule has 0 aliphatic carbocycles. The molecule has 1 amide bonds. The number of sulfonamides is 1. The Bertz CT molecular complexity index is 628. The Morgan fingerprint density at radius 1 is 1.47 bits per heavy atom. The zero-order valence-corrected chi connectivity index (χ0v) is 11.3. The fraction of sp³-hybridized carbons (Fsp3) is 0.231. The number of nitrogens with zero attached hydrogens (tertiary/aromatic N) is 1. The Morgan fingerprint density at radius 2 is 2.21 bits per heavy atom. The lowest BCUT2D eigenvalue weighted by atomic mass is 10.1. The molecule has 0 saturated carbocycles. The molecule has 0 radical (unpaired) electrons. The van der Waals surface area contributed by atoms with Gasteiger partial charge in [-0.25, -0.2) is 13.1 Å². The predicted octanol–water partition coefficient (Wildman–Crippen LogP) is 1.43. The van der Waals surface area contributed by atoms with E-state index >= 15 is 0 Å². The highest BCUT2D eigenvalue weighted by Gasteiger charge is 2.10. The Balaban J connectivity index is 2.71. The van der Waals surface area contributed by atoms with E-state index in [0.29, 0.717) is 17.5 Å².